The van der Waals surface area contributed by atoms with Gasteiger partial charge in [-0.15, -0.1) is 0 Å². The number of hydrogen-bond acceptors (Lipinski definition) is 3. The molecule has 96 valence electrons. The molecule has 3 nitrogen and oxygen atoms in total. The van der Waals surface area contributed by atoms with Crippen LogP contribution in [0.1, 0.15) is 40.5 Å². The Morgan fingerprint density at radius 3 is 2.38 bits per heavy atom. The van der Waals surface area contributed by atoms with E-state index < -0.39 is 0 Å². The van der Waals surface area contributed by atoms with Gasteiger partial charge in [-0.1, -0.05) is 20.8 Å². The van der Waals surface area contributed by atoms with Crippen molar-refractivity contribution in [3.63, 3.8) is 0 Å². The lowest BCUT2D eigenvalue weighted by Gasteiger charge is -2.17. The molecule has 0 aromatic rings. The van der Waals surface area contributed by atoms with Crippen LogP contribution >= 0.6 is 11.8 Å². The Balaban J connectivity index is 3.63. The summed E-state index contributed by atoms with van der Waals surface area (Å²) >= 11 is 1.90. The van der Waals surface area contributed by atoms with Crippen LogP contribution in [0, 0.1) is 0 Å². The zero-order valence-electron chi connectivity index (χ0n) is 11.0. The number of nitrogens with one attached hydrogen (secondary N) is 2. The smallest absolute Gasteiger partial charge is 0.234 e. The second-order valence-corrected chi connectivity index (χ2v) is 5.34. The highest BCUT2D eigenvalue weighted by molar-refractivity contribution is 7.99. The highest BCUT2D eigenvalue weighted by Gasteiger charge is 2.09. The summed E-state index contributed by atoms with van der Waals surface area (Å²) in [6.07, 6.45) is 2.01. The van der Waals surface area contributed by atoms with Gasteiger partial charge in [0.1, 0.15) is 0 Å². The molecule has 0 aromatic carbocycles. The van der Waals surface area contributed by atoms with Crippen molar-refractivity contribution >= 4 is 17.7 Å². The van der Waals surface area contributed by atoms with Crippen LogP contribution in [0.5, 0.6) is 0 Å². The van der Waals surface area contributed by atoms with E-state index in [1.54, 1.807) is 0 Å². The lowest BCUT2D eigenvalue weighted by atomic mass is 10.2. The van der Waals surface area contributed by atoms with E-state index in [1.807, 2.05) is 11.8 Å². The van der Waals surface area contributed by atoms with Gasteiger partial charge >= 0.3 is 0 Å². The van der Waals surface area contributed by atoms with Gasteiger partial charge in [-0.05, 0) is 25.5 Å². The minimum atomic E-state index is 0.113. The summed E-state index contributed by atoms with van der Waals surface area (Å²) in [5.41, 5.74) is 0. The van der Waals surface area contributed by atoms with Gasteiger partial charge in [-0.25, -0.2) is 0 Å². The molecule has 0 saturated carbocycles. The number of amides is 1. The van der Waals surface area contributed by atoms with Crippen molar-refractivity contribution < 1.29 is 4.79 Å². The Hall–Kier alpha value is -0.220. The van der Waals surface area contributed by atoms with Gasteiger partial charge in [-0.2, -0.15) is 11.8 Å². The second-order valence-electron chi connectivity index (χ2n) is 4.02. The average molecular weight is 246 g/mol. The molecule has 1 unspecified atom stereocenters. The summed E-state index contributed by atoms with van der Waals surface area (Å²) < 4.78 is 0. The third-order valence-electron chi connectivity index (χ3n) is 2.53. The first-order chi connectivity index (χ1) is 7.63. The fourth-order valence-electron chi connectivity index (χ4n) is 1.39. The molecular formula is C12H26N2OS. The van der Waals surface area contributed by atoms with Crippen LogP contribution in [0.25, 0.3) is 0 Å². The standard InChI is InChI=1S/C12H26N2OS/c1-5-11(6-2)14-12(15)8-13-10(4)9-16-7-3/h10-11,13H,5-9H2,1-4H3,(H,14,15). The van der Waals surface area contributed by atoms with E-state index in [-0.39, 0.29) is 5.91 Å². The van der Waals surface area contributed by atoms with E-state index in [0.717, 1.165) is 24.3 Å². The molecule has 2 N–H and O–H groups in total. The van der Waals surface area contributed by atoms with Crippen LogP contribution in [0.3, 0.4) is 0 Å². The zero-order chi connectivity index (χ0) is 12.4. The zero-order valence-corrected chi connectivity index (χ0v) is 11.8. The van der Waals surface area contributed by atoms with E-state index in [4.69, 9.17) is 0 Å². The maximum atomic E-state index is 11.6. The van der Waals surface area contributed by atoms with Crippen molar-refractivity contribution in [2.45, 2.75) is 52.6 Å². The quantitative estimate of drug-likeness (QED) is 0.654. The molecule has 0 fully saturated rings. The maximum Gasteiger partial charge on any atom is 0.234 e. The summed E-state index contributed by atoms with van der Waals surface area (Å²) in [7, 11) is 0. The number of rotatable bonds is 9. The molecule has 4 heteroatoms. The molecule has 0 bridgehead atoms. The molecular weight excluding hydrogens is 220 g/mol. The average Bonchev–Trinajstić information content (AvgIpc) is 2.30. The summed E-state index contributed by atoms with van der Waals surface area (Å²) in [4.78, 5) is 11.6. The minimum absolute atomic E-state index is 0.113. The lowest BCUT2D eigenvalue weighted by molar-refractivity contribution is -0.121. The van der Waals surface area contributed by atoms with Crippen LogP contribution in [0.15, 0.2) is 0 Å². The summed E-state index contributed by atoms with van der Waals surface area (Å²) in [6, 6.07) is 0.729. The van der Waals surface area contributed by atoms with E-state index >= 15 is 0 Å². The largest absolute Gasteiger partial charge is 0.352 e. The molecule has 0 aromatic heterocycles. The highest BCUT2D eigenvalue weighted by Crippen LogP contribution is 2.00. The van der Waals surface area contributed by atoms with Crippen molar-refractivity contribution in [1.82, 2.24) is 10.6 Å². The third kappa shape index (κ3) is 7.99. The Labute approximate surface area is 104 Å². The molecule has 0 saturated heterocycles. The van der Waals surface area contributed by atoms with Crippen molar-refractivity contribution in [3.05, 3.63) is 0 Å². The van der Waals surface area contributed by atoms with Gasteiger partial charge in [0.15, 0.2) is 0 Å². The summed E-state index contributed by atoms with van der Waals surface area (Å²) in [6.45, 7) is 8.90. The van der Waals surface area contributed by atoms with Gasteiger partial charge in [-0.3, -0.25) is 4.79 Å². The number of carbonyl (C=O) groups excluding carboxylic acids is 1. The van der Waals surface area contributed by atoms with Gasteiger partial charge < -0.3 is 10.6 Å². The predicted molar refractivity (Wildman–Crippen MR) is 73.0 cm³/mol. The third-order valence-corrected chi connectivity index (χ3v) is 3.68. The van der Waals surface area contributed by atoms with Crippen molar-refractivity contribution in [2.24, 2.45) is 0 Å². The molecule has 0 radical (unpaired) electrons. The van der Waals surface area contributed by atoms with Gasteiger partial charge in [0.25, 0.3) is 0 Å². The molecule has 1 amide bonds. The first-order valence-electron chi connectivity index (χ1n) is 6.24. The van der Waals surface area contributed by atoms with Gasteiger partial charge in [0, 0.05) is 17.8 Å². The lowest BCUT2D eigenvalue weighted by Crippen LogP contribution is -2.42. The molecule has 0 aliphatic rings. The van der Waals surface area contributed by atoms with Gasteiger partial charge in [0.2, 0.25) is 5.91 Å². The van der Waals surface area contributed by atoms with Crippen molar-refractivity contribution in [3.8, 4) is 0 Å². The molecule has 0 aliphatic heterocycles. The molecule has 0 aliphatic carbocycles. The van der Waals surface area contributed by atoms with E-state index in [0.29, 0.717) is 18.6 Å². The van der Waals surface area contributed by atoms with Crippen LogP contribution in [0.2, 0.25) is 0 Å². The second kappa shape index (κ2) is 9.97. The molecule has 0 rings (SSSR count). The normalized spacial score (nSPS) is 12.8. The molecule has 0 heterocycles. The fourth-order valence-corrected chi connectivity index (χ4v) is 2.10. The van der Waals surface area contributed by atoms with Crippen LogP contribution in [-0.2, 0) is 4.79 Å². The number of hydrogen-bond donors (Lipinski definition) is 2. The minimum Gasteiger partial charge on any atom is -0.352 e. The highest BCUT2D eigenvalue weighted by atomic mass is 32.2. The first kappa shape index (κ1) is 15.8. The van der Waals surface area contributed by atoms with Crippen LogP contribution < -0.4 is 10.6 Å². The van der Waals surface area contributed by atoms with Crippen LogP contribution in [0.4, 0.5) is 0 Å². The monoisotopic (exact) mass is 246 g/mol. The van der Waals surface area contributed by atoms with Crippen LogP contribution in [-0.4, -0.2) is 36.0 Å². The van der Waals surface area contributed by atoms with E-state index in [9.17, 15) is 4.79 Å². The summed E-state index contributed by atoms with van der Waals surface area (Å²) in [5.74, 6) is 2.31. The predicted octanol–water partition coefficient (Wildman–Crippen LogP) is 2.02. The van der Waals surface area contributed by atoms with Gasteiger partial charge in [0.05, 0.1) is 6.54 Å². The Morgan fingerprint density at radius 1 is 1.25 bits per heavy atom. The Bertz CT molecular complexity index is 184. The number of carbonyl (C=O) groups is 1. The molecule has 16 heavy (non-hydrogen) atoms. The maximum absolute atomic E-state index is 11.6. The first-order valence-corrected chi connectivity index (χ1v) is 7.39. The molecule has 1 atom stereocenters. The molecule has 0 spiro atoms. The Morgan fingerprint density at radius 2 is 1.88 bits per heavy atom. The van der Waals surface area contributed by atoms with Crippen molar-refractivity contribution in [1.29, 1.82) is 0 Å². The fraction of sp³-hybridized carbons (Fsp3) is 0.917. The SMILES string of the molecule is CCSCC(C)NCC(=O)NC(CC)CC. The van der Waals surface area contributed by atoms with E-state index in [2.05, 4.69) is 38.3 Å². The topological polar surface area (TPSA) is 41.1 Å². The van der Waals surface area contributed by atoms with E-state index in [1.165, 1.54) is 0 Å². The number of thioether (sulfide) groups is 1. The Kier molecular flexibility index (Phi) is 9.83. The summed E-state index contributed by atoms with van der Waals surface area (Å²) in [5, 5.41) is 6.26. The van der Waals surface area contributed by atoms with Crippen molar-refractivity contribution in [2.75, 3.05) is 18.1 Å².